The third kappa shape index (κ3) is 3.32. The van der Waals surface area contributed by atoms with Crippen LogP contribution in [0.25, 0.3) is 11.3 Å². The molecule has 0 bridgehead atoms. The van der Waals surface area contributed by atoms with Crippen LogP contribution < -0.4 is 5.32 Å². The summed E-state index contributed by atoms with van der Waals surface area (Å²) < 4.78 is 7.10. The molecule has 0 aliphatic rings. The van der Waals surface area contributed by atoms with Gasteiger partial charge in [-0.2, -0.15) is 5.10 Å². The Morgan fingerprint density at radius 3 is 2.84 bits per heavy atom. The summed E-state index contributed by atoms with van der Waals surface area (Å²) in [7, 11) is 0. The Bertz CT molecular complexity index is 911. The minimum atomic E-state index is -0.361. The molecule has 0 atom stereocenters. The van der Waals surface area contributed by atoms with Crippen LogP contribution in [0.15, 0.2) is 35.1 Å². The number of carbonyl (C=O) groups excluding carboxylic acids is 1. The lowest BCUT2D eigenvalue weighted by atomic mass is 10.1. The molecule has 0 radical (unpaired) electrons. The van der Waals surface area contributed by atoms with Crippen molar-refractivity contribution in [2.45, 2.75) is 27.3 Å². The number of nitrogens with one attached hydrogen (secondary N) is 1. The maximum atomic E-state index is 12.7. The molecular weight excluding hydrogens is 320 g/mol. The van der Waals surface area contributed by atoms with Gasteiger partial charge >= 0.3 is 0 Å². The van der Waals surface area contributed by atoms with Gasteiger partial charge < -0.3 is 14.8 Å². The van der Waals surface area contributed by atoms with Gasteiger partial charge in [0.2, 0.25) is 0 Å². The molecule has 0 saturated heterocycles. The largest absolute Gasteiger partial charge is 0.443 e. The average molecular weight is 340 g/mol. The lowest BCUT2D eigenvalue weighted by Gasteiger charge is -2.06. The number of hydrogen-bond donors (Lipinski definition) is 2. The highest BCUT2D eigenvalue weighted by atomic mass is 16.3. The number of nitrogens with zero attached hydrogens (tertiary/aromatic N) is 3. The molecule has 0 aliphatic carbocycles. The first-order chi connectivity index (χ1) is 12.0. The molecule has 7 heteroatoms. The molecule has 0 saturated carbocycles. The molecule has 2 N–H and O–H groups in total. The molecule has 0 aliphatic heterocycles. The fraction of sp³-hybridized carbons (Fsp3) is 0.278. The number of amides is 1. The van der Waals surface area contributed by atoms with Crippen LogP contribution in [0, 0.1) is 20.8 Å². The lowest BCUT2D eigenvalue weighted by molar-refractivity contribution is 0.102. The highest BCUT2D eigenvalue weighted by Crippen LogP contribution is 2.26. The summed E-state index contributed by atoms with van der Waals surface area (Å²) in [5.74, 6) is 0.0688. The van der Waals surface area contributed by atoms with E-state index in [2.05, 4.69) is 15.4 Å². The maximum Gasteiger partial charge on any atom is 0.278 e. The number of carbonyl (C=O) groups is 1. The summed E-state index contributed by atoms with van der Waals surface area (Å²) in [6, 6.07) is 7.69. The van der Waals surface area contributed by atoms with Crippen molar-refractivity contribution in [3.8, 4) is 11.3 Å². The van der Waals surface area contributed by atoms with E-state index in [-0.39, 0.29) is 18.2 Å². The highest BCUT2D eigenvalue weighted by Gasteiger charge is 2.21. The van der Waals surface area contributed by atoms with Gasteiger partial charge in [-0.3, -0.25) is 9.48 Å². The van der Waals surface area contributed by atoms with E-state index in [0.717, 1.165) is 16.8 Å². The van der Waals surface area contributed by atoms with E-state index < -0.39 is 0 Å². The summed E-state index contributed by atoms with van der Waals surface area (Å²) in [5.41, 5.74) is 4.17. The highest BCUT2D eigenvalue weighted by molar-refractivity contribution is 6.06. The Balaban J connectivity index is 1.90. The van der Waals surface area contributed by atoms with E-state index in [1.165, 1.54) is 6.39 Å². The van der Waals surface area contributed by atoms with Crippen LogP contribution in [0.1, 0.15) is 27.4 Å². The van der Waals surface area contributed by atoms with Crippen LogP contribution in [-0.4, -0.2) is 32.4 Å². The van der Waals surface area contributed by atoms with Crippen molar-refractivity contribution >= 4 is 11.6 Å². The number of aliphatic hydroxyl groups excluding tert-OH is 1. The van der Waals surface area contributed by atoms with Gasteiger partial charge in [-0.05, 0) is 26.8 Å². The number of oxazole rings is 1. The summed E-state index contributed by atoms with van der Waals surface area (Å²) in [6.45, 7) is 5.98. The second-order valence-corrected chi connectivity index (χ2v) is 5.85. The van der Waals surface area contributed by atoms with Crippen LogP contribution in [0.4, 0.5) is 5.69 Å². The van der Waals surface area contributed by atoms with Crippen LogP contribution in [0.2, 0.25) is 0 Å². The third-order valence-electron chi connectivity index (χ3n) is 3.99. The average Bonchev–Trinajstić information content (AvgIpc) is 3.16. The van der Waals surface area contributed by atoms with Crippen molar-refractivity contribution in [3.63, 3.8) is 0 Å². The van der Waals surface area contributed by atoms with Crippen LogP contribution in [0.5, 0.6) is 0 Å². The van der Waals surface area contributed by atoms with E-state index in [4.69, 9.17) is 9.52 Å². The molecule has 25 heavy (non-hydrogen) atoms. The monoisotopic (exact) mass is 340 g/mol. The summed E-state index contributed by atoms with van der Waals surface area (Å²) in [6.07, 6.45) is 1.27. The standard InChI is InChI=1S/C18H20N4O3/c1-11-5-4-6-14(9-11)17-16(19-10-25-17)18(24)20-15-12(2)21-22(7-8-23)13(15)3/h4-6,9-10,23H,7-8H2,1-3H3,(H,20,24). The van der Waals surface area contributed by atoms with Gasteiger partial charge in [-0.25, -0.2) is 4.98 Å². The Morgan fingerprint density at radius 1 is 1.32 bits per heavy atom. The Labute approximate surface area is 145 Å². The maximum absolute atomic E-state index is 12.7. The normalized spacial score (nSPS) is 10.9. The lowest BCUT2D eigenvalue weighted by Crippen LogP contribution is -2.15. The molecular formula is C18H20N4O3. The van der Waals surface area contributed by atoms with E-state index in [9.17, 15) is 4.79 Å². The minimum Gasteiger partial charge on any atom is -0.443 e. The Morgan fingerprint density at radius 2 is 2.12 bits per heavy atom. The fourth-order valence-corrected chi connectivity index (χ4v) is 2.76. The summed E-state index contributed by atoms with van der Waals surface area (Å²) in [4.78, 5) is 16.8. The molecule has 2 heterocycles. The SMILES string of the molecule is Cc1cccc(-c2ocnc2C(=O)Nc2c(C)nn(CCO)c2C)c1. The number of hydrogen-bond acceptors (Lipinski definition) is 5. The van der Waals surface area contributed by atoms with Crippen molar-refractivity contribution in [1.82, 2.24) is 14.8 Å². The smallest absolute Gasteiger partial charge is 0.278 e. The zero-order valence-corrected chi connectivity index (χ0v) is 14.4. The molecule has 2 aromatic heterocycles. The van der Waals surface area contributed by atoms with Gasteiger partial charge in [0, 0.05) is 5.56 Å². The fourth-order valence-electron chi connectivity index (χ4n) is 2.76. The van der Waals surface area contributed by atoms with Gasteiger partial charge in [0.15, 0.2) is 17.8 Å². The van der Waals surface area contributed by atoms with Crippen molar-refractivity contribution in [3.05, 3.63) is 53.3 Å². The second kappa shape index (κ2) is 6.90. The molecule has 0 spiro atoms. The Hall–Kier alpha value is -2.93. The van der Waals surface area contributed by atoms with E-state index in [0.29, 0.717) is 23.7 Å². The number of anilines is 1. The first-order valence-corrected chi connectivity index (χ1v) is 7.98. The molecule has 7 nitrogen and oxygen atoms in total. The molecule has 3 rings (SSSR count). The number of aromatic nitrogens is 3. The number of rotatable bonds is 5. The van der Waals surface area contributed by atoms with Gasteiger partial charge in [0.05, 0.1) is 30.2 Å². The van der Waals surface area contributed by atoms with Crippen molar-refractivity contribution in [1.29, 1.82) is 0 Å². The van der Waals surface area contributed by atoms with E-state index >= 15 is 0 Å². The van der Waals surface area contributed by atoms with Crippen LogP contribution in [-0.2, 0) is 6.54 Å². The second-order valence-electron chi connectivity index (χ2n) is 5.85. The molecule has 0 unspecified atom stereocenters. The molecule has 1 aromatic carbocycles. The number of aryl methyl sites for hydroxylation is 2. The quantitative estimate of drug-likeness (QED) is 0.745. The molecule has 0 fully saturated rings. The predicted octanol–water partition coefficient (Wildman–Crippen LogP) is 2.71. The van der Waals surface area contributed by atoms with E-state index in [1.807, 2.05) is 38.1 Å². The number of benzene rings is 1. The van der Waals surface area contributed by atoms with E-state index in [1.54, 1.807) is 11.6 Å². The third-order valence-corrected chi connectivity index (χ3v) is 3.99. The van der Waals surface area contributed by atoms with Gasteiger partial charge in [-0.15, -0.1) is 0 Å². The first-order valence-electron chi connectivity index (χ1n) is 7.98. The summed E-state index contributed by atoms with van der Waals surface area (Å²) in [5, 5.41) is 16.3. The van der Waals surface area contributed by atoms with Crippen molar-refractivity contribution < 1.29 is 14.3 Å². The van der Waals surface area contributed by atoms with Crippen LogP contribution in [0.3, 0.4) is 0 Å². The zero-order valence-electron chi connectivity index (χ0n) is 14.4. The van der Waals surface area contributed by atoms with Gasteiger partial charge in [0.1, 0.15) is 0 Å². The summed E-state index contributed by atoms with van der Waals surface area (Å²) >= 11 is 0. The Kier molecular flexibility index (Phi) is 4.67. The van der Waals surface area contributed by atoms with Crippen molar-refractivity contribution in [2.75, 3.05) is 11.9 Å². The first kappa shape index (κ1) is 16.9. The minimum absolute atomic E-state index is 0.0177. The topological polar surface area (TPSA) is 93.2 Å². The van der Waals surface area contributed by atoms with Crippen molar-refractivity contribution in [2.24, 2.45) is 0 Å². The van der Waals surface area contributed by atoms with Gasteiger partial charge in [-0.1, -0.05) is 23.8 Å². The zero-order chi connectivity index (χ0) is 18.0. The molecule has 1 amide bonds. The molecule has 130 valence electrons. The predicted molar refractivity (Wildman–Crippen MR) is 93.4 cm³/mol. The van der Waals surface area contributed by atoms with Crippen LogP contribution >= 0.6 is 0 Å². The molecule has 3 aromatic rings. The van der Waals surface area contributed by atoms with Gasteiger partial charge in [0.25, 0.3) is 5.91 Å². The number of aliphatic hydroxyl groups is 1.